The SMILES string of the molecule is C(=Cc1cc2ccccc2[o+]c1-c1ccccc1)c1ccccc1. The highest BCUT2D eigenvalue weighted by Crippen LogP contribution is 2.30. The minimum atomic E-state index is 0.890. The molecule has 0 spiro atoms. The van der Waals surface area contributed by atoms with Crippen molar-refractivity contribution in [3.63, 3.8) is 0 Å². The molecular weight excluding hydrogens is 292 g/mol. The summed E-state index contributed by atoms with van der Waals surface area (Å²) in [7, 11) is 0. The van der Waals surface area contributed by atoms with Gasteiger partial charge in [-0.2, -0.15) is 0 Å². The van der Waals surface area contributed by atoms with E-state index in [0.29, 0.717) is 0 Å². The number of para-hydroxylation sites is 1. The van der Waals surface area contributed by atoms with Gasteiger partial charge in [0.25, 0.3) is 0 Å². The van der Waals surface area contributed by atoms with E-state index in [0.717, 1.165) is 27.9 Å². The number of rotatable bonds is 3. The summed E-state index contributed by atoms with van der Waals surface area (Å²) in [4.78, 5) is 0. The van der Waals surface area contributed by atoms with Gasteiger partial charge in [0.2, 0.25) is 0 Å². The molecule has 4 rings (SSSR count). The van der Waals surface area contributed by atoms with E-state index in [4.69, 9.17) is 4.42 Å². The van der Waals surface area contributed by atoms with Crippen molar-refractivity contribution in [3.8, 4) is 11.3 Å². The van der Waals surface area contributed by atoms with Gasteiger partial charge in [-0.05, 0) is 35.9 Å². The van der Waals surface area contributed by atoms with Crippen LogP contribution in [0, 0.1) is 0 Å². The second-order valence-electron chi connectivity index (χ2n) is 5.68. The molecule has 1 heterocycles. The van der Waals surface area contributed by atoms with Crippen LogP contribution in [0.15, 0.2) is 95.4 Å². The van der Waals surface area contributed by atoms with Gasteiger partial charge in [0.05, 0.1) is 16.5 Å². The summed E-state index contributed by atoms with van der Waals surface area (Å²) in [5, 5.41) is 1.10. The minimum Gasteiger partial charge on any atom is -0.206 e. The van der Waals surface area contributed by atoms with E-state index in [1.807, 2.05) is 54.6 Å². The van der Waals surface area contributed by atoms with Gasteiger partial charge in [0, 0.05) is 6.07 Å². The fraction of sp³-hybridized carbons (Fsp3) is 0. The summed E-state index contributed by atoms with van der Waals surface area (Å²) >= 11 is 0. The van der Waals surface area contributed by atoms with E-state index < -0.39 is 0 Å². The highest BCUT2D eigenvalue weighted by molar-refractivity contribution is 5.86. The number of fused-ring (bicyclic) bond motifs is 1. The second-order valence-corrected chi connectivity index (χ2v) is 5.68. The zero-order chi connectivity index (χ0) is 16.2. The summed E-state index contributed by atoms with van der Waals surface area (Å²) in [6.07, 6.45) is 4.24. The molecule has 1 heteroatoms. The van der Waals surface area contributed by atoms with E-state index in [2.05, 4.69) is 48.6 Å². The van der Waals surface area contributed by atoms with Crippen molar-refractivity contribution in [2.24, 2.45) is 0 Å². The molecule has 0 fully saturated rings. The Morgan fingerprint density at radius 2 is 1.29 bits per heavy atom. The van der Waals surface area contributed by atoms with E-state index in [-0.39, 0.29) is 0 Å². The van der Waals surface area contributed by atoms with Gasteiger partial charge in [-0.25, -0.2) is 4.42 Å². The molecule has 0 aliphatic carbocycles. The lowest BCUT2D eigenvalue weighted by Gasteiger charge is -1.99. The summed E-state index contributed by atoms with van der Waals surface area (Å²) < 4.78 is 6.22. The van der Waals surface area contributed by atoms with Crippen molar-refractivity contribution in [1.29, 1.82) is 0 Å². The van der Waals surface area contributed by atoms with Gasteiger partial charge in [-0.1, -0.05) is 66.7 Å². The molecular formula is C23H17O+. The van der Waals surface area contributed by atoms with Crippen LogP contribution >= 0.6 is 0 Å². The van der Waals surface area contributed by atoms with Crippen LogP contribution in [0.25, 0.3) is 34.4 Å². The van der Waals surface area contributed by atoms with Gasteiger partial charge < -0.3 is 0 Å². The Morgan fingerprint density at radius 1 is 0.625 bits per heavy atom. The molecule has 0 saturated heterocycles. The number of hydrogen-bond donors (Lipinski definition) is 0. The third-order valence-electron chi connectivity index (χ3n) is 4.00. The lowest BCUT2D eigenvalue weighted by molar-refractivity contribution is 0.619. The lowest BCUT2D eigenvalue weighted by atomic mass is 10.0. The molecule has 4 aromatic rings. The van der Waals surface area contributed by atoms with Crippen LogP contribution in [0.3, 0.4) is 0 Å². The average molecular weight is 309 g/mol. The third-order valence-corrected chi connectivity index (χ3v) is 4.00. The summed E-state index contributed by atoms with van der Waals surface area (Å²) in [6, 6.07) is 30.8. The fourth-order valence-corrected chi connectivity index (χ4v) is 2.78. The topological polar surface area (TPSA) is 11.3 Å². The van der Waals surface area contributed by atoms with Crippen molar-refractivity contribution in [1.82, 2.24) is 0 Å². The van der Waals surface area contributed by atoms with Gasteiger partial charge in [-0.3, -0.25) is 0 Å². The van der Waals surface area contributed by atoms with Crippen molar-refractivity contribution in [2.45, 2.75) is 0 Å². The quantitative estimate of drug-likeness (QED) is 0.390. The standard InChI is InChI=1S/C23H17O/c1-3-9-18(10-4-1)15-16-21-17-20-13-7-8-14-22(20)24-23(21)19-11-5-2-6-12-19/h1-17H/q+1. The number of hydrogen-bond acceptors (Lipinski definition) is 0. The molecule has 0 bridgehead atoms. The van der Waals surface area contributed by atoms with E-state index in [1.54, 1.807) is 0 Å². The van der Waals surface area contributed by atoms with E-state index >= 15 is 0 Å². The van der Waals surface area contributed by atoms with Crippen LogP contribution in [0.2, 0.25) is 0 Å². The van der Waals surface area contributed by atoms with Gasteiger partial charge in [-0.15, -0.1) is 0 Å². The molecule has 1 nitrogen and oxygen atoms in total. The highest BCUT2D eigenvalue weighted by Gasteiger charge is 2.19. The maximum Gasteiger partial charge on any atom is 0.367 e. The zero-order valence-electron chi connectivity index (χ0n) is 13.2. The van der Waals surface area contributed by atoms with Crippen molar-refractivity contribution < 1.29 is 4.42 Å². The molecule has 24 heavy (non-hydrogen) atoms. The van der Waals surface area contributed by atoms with E-state index in [9.17, 15) is 0 Å². The first-order valence-electron chi connectivity index (χ1n) is 8.04. The predicted molar refractivity (Wildman–Crippen MR) is 101 cm³/mol. The Kier molecular flexibility index (Phi) is 3.91. The first kappa shape index (κ1) is 14.4. The average Bonchev–Trinajstić information content (AvgIpc) is 2.67. The van der Waals surface area contributed by atoms with Gasteiger partial charge in [0.1, 0.15) is 0 Å². The Hall–Kier alpha value is -3.19. The predicted octanol–water partition coefficient (Wildman–Crippen LogP) is 6.55. The molecule has 1 aromatic heterocycles. The van der Waals surface area contributed by atoms with Crippen molar-refractivity contribution in [3.05, 3.63) is 102 Å². The highest BCUT2D eigenvalue weighted by atomic mass is 16.3. The molecule has 0 amide bonds. The first-order valence-corrected chi connectivity index (χ1v) is 8.04. The third kappa shape index (κ3) is 2.97. The smallest absolute Gasteiger partial charge is 0.206 e. The Bertz CT molecular complexity index is 986. The Balaban J connectivity index is 1.87. The summed E-state index contributed by atoms with van der Waals surface area (Å²) in [5.74, 6) is 0.890. The summed E-state index contributed by atoms with van der Waals surface area (Å²) in [6.45, 7) is 0. The molecule has 3 aromatic carbocycles. The minimum absolute atomic E-state index is 0.890. The number of benzene rings is 3. The van der Waals surface area contributed by atoms with E-state index in [1.165, 1.54) is 5.56 Å². The Labute approximate surface area is 141 Å². The fourth-order valence-electron chi connectivity index (χ4n) is 2.78. The summed E-state index contributed by atoms with van der Waals surface area (Å²) in [5.41, 5.74) is 4.22. The maximum absolute atomic E-state index is 6.22. The first-order chi connectivity index (χ1) is 11.9. The lowest BCUT2D eigenvalue weighted by Crippen LogP contribution is -1.85. The molecule has 0 N–H and O–H groups in total. The van der Waals surface area contributed by atoms with Crippen LogP contribution in [-0.4, -0.2) is 0 Å². The Morgan fingerprint density at radius 3 is 2.08 bits per heavy atom. The van der Waals surface area contributed by atoms with Crippen LogP contribution < -0.4 is 0 Å². The molecule has 0 radical (unpaired) electrons. The van der Waals surface area contributed by atoms with Gasteiger partial charge >= 0.3 is 11.3 Å². The molecule has 114 valence electrons. The zero-order valence-corrected chi connectivity index (χ0v) is 13.2. The van der Waals surface area contributed by atoms with Crippen LogP contribution in [-0.2, 0) is 0 Å². The largest absolute Gasteiger partial charge is 0.367 e. The molecule has 0 aliphatic rings. The van der Waals surface area contributed by atoms with Crippen LogP contribution in [0.1, 0.15) is 11.1 Å². The van der Waals surface area contributed by atoms with Gasteiger partial charge in [0.15, 0.2) is 0 Å². The van der Waals surface area contributed by atoms with Crippen LogP contribution in [0.5, 0.6) is 0 Å². The second kappa shape index (κ2) is 6.51. The molecule has 0 aliphatic heterocycles. The molecule has 0 atom stereocenters. The molecule has 0 unspecified atom stereocenters. The molecule has 0 saturated carbocycles. The van der Waals surface area contributed by atoms with Crippen molar-refractivity contribution >= 4 is 23.1 Å². The normalized spacial score (nSPS) is 11.2. The maximum atomic E-state index is 6.22. The monoisotopic (exact) mass is 309 g/mol. The van der Waals surface area contributed by atoms with Crippen LogP contribution in [0.4, 0.5) is 0 Å². The van der Waals surface area contributed by atoms with Crippen molar-refractivity contribution in [2.75, 3.05) is 0 Å².